The maximum absolute atomic E-state index is 12.7. The molecule has 9 nitrogen and oxygen atoms in total. The summed E-state index contributed by atoms with van der Waals surface area (Å²) in [5, 5.41) is 5.67. The van der Waals surface area contributed by atoms with E-state index in [2.05, 4.69) is 15.6 Å². The Hall–Kier alpha value is -2.66. The maximum atomic E-state index is 12.7. The van der Waals surface area contributed by atoms with Gasteiger partial charge in [0.05, 0.1) is 35.4 Å². The highest BCUT2D eigenvalue weighted by molar-refractivity contribution is 7.98. The number of thiazole rings is 1. The zero-order chi connectivity index (χ0) is 22.5. The number of ketones is 1. The standard InChI is InChI=1S/C20H23N3O6S2/c1-10-12(4-6-29-10)18(26)23-20-22-14-8-11(9-15(24)16(14)31-20)17(25)21-13(5-7-30-3)19(27)28-2/h4,6,11,13H,5,7-9H2,1-3H3,(H,21,25)(H,22,23,26)/t11-,13-/m1/s1. The number of aromatic nitrogens is 1. The molecular formula is C20H23N3O6S2. The highest BCUT2D eigenvalue weighted by Gasteiger charge is 2.35. The Kier molecular flexibility index (Phi) is 7.50. The molecule has 0 aromatic carbocycles. The predicted octanol–water partition coefficient (Wildman–Crippen LogP) is 2.45. The number of amides is 2. The van der Waals surface area contributed by atoms with Crippen LogP contribution in [0.25, 0.3) is 0 Å². The van der Waals surface area contributed by atoms with Gasteiger partial charge in [-0.2, -0.15) is 11.8 Å². The molecule has 0 spiro atoms. The predicted molar refractivity (Wildman–Crippen MR) is 117 cm³/mol. The Bertz CT molecular complexity index is 999. The minimum atomic E-state index is -0.759. The number of fused-ring (bicyclic) bond motifs is 1. The van der Waals surface area contributed by atoms with Gasteiger partial charge >= 0.3 is 5.97 Å². The van der Waals surface area contributed by atoms with Crippen molar-refractivity contribution in [3.63, 3.8) is 0 Å². The number of thioether (sulfide) groups is 1. The molecule has 166 valence electrons. The van der Waals surface area contributed by atoms with Gasteiger partial charge in [-0.3, -0.25) is 19.7 Å². The molecule has 2 aromatic rings. The van der Waals surface area contributed by atoms with E-state index in [-0.39, 0.29) is 35.6 Å². The Balaban J connectivity index is 1.69. The van der Waals surface area contributed by atoms with Crippen LogP contribution < -0.4 is 10.6 Å². The summed E-state index contributed by atoms with van der Waals surface area (Å²) in [5.74, 6) is -0.969. The van der Waals surface area contributed by atoms with Crippen LogP contribution >= 0.6 is 23.1 Å². The Morgan fingerprint density at radius 3 is 2.81 bits per heavy atom. The first-order chi connectivity index (χ1) is 14.8. The molecule has 2 heterocycles. The fraction of sp³-hybridized carbons (Fsp3) is 0.450. The molecular weight excluding hydrogens is 442 g/mol. The molecule has 2 N–H and O–H groups in total. The zero-order valence-corrected chi connectivity index (χ0v) is 19.0. The second-order valence-corrected chi connectivity index (χ2v) is 9.02. The molecule has 0 fully saturated rings. The Morgan fingerprint density at radius 2 is 2.16 bits per heavy atom. The van der Waals surface area contributed by atoms with Gasteiger partial charge in [0, 0.05) is 12.8 Å². The second kappa shape index (κ2) is 10.1. The molecule has 3 rings (SSSR count). The van der Waals surface area contributed by atoms with Gasteiger partial charge in [-0.05, 0) is 31.4 Å². The normalized spacial score (nSPS) is 16.4. The Morgan fingerprint density at radius 1 is 1.39 bits per heavy atom. The van der Waals surface area contributed by atoms with Gasteiger partial charge in [-0.25, -0.2) is 9.78 Å². The fourth-order valence-corrected chi connectivity index (χ4v) is 4.68. The third kappa shape index (κ3) is 5.34. The van der Waals surface area contributed by atoms with Gasteiger partial charge in [0.1, 0.15) is 11.8 Å². The van der Waals surface area contributed by atoms with Crippen LogP contribution in [0.3, 0.4) is 0 Å². The number of nitrogens with one attached hydrogen (secondary N) is 2. The SMILES string of the molecule is COC(=O)[C@@H](CCSC)NC(=O)[C@H]1CC(=O)c2sc(NC(=O)c3ccoc3C)nc2C1. The lowest BCUT2D eigenvalue weighted by Gasteiger charge is -2.22. The second-order valence-electron chi connectivity index (χ2n) is 7.03. The van der Waals surface area contributed by atoms with E-state index in [1.165, 1.54) is 13.4 Å². The number of furan rings is 1. The molecule has 0 unspecified atom stereocenters. The summed E-state index contributed by atoms with van der Waals surface area (Å²) in [6.45, 7) is 1.68. The lowest BCUT2D eigenvalue weighted by Crippen LogP contribution is -2.46. The van der Waals surface area contributed by atoms with Crippen LogP contribution in [-0.4, -0.2) is 53.7 Å². The summed E-state index contributed by atoms with van der Waals surface area (Å²) < 4.78 is 9.90. The zero-order valence-electron chi connectivity index (χ0n) is 17.4. The minimum Gasteiger partial charge on any atom is -0.469 e. The fourth-order valence-electron chi connectivity index (χ4n) is 3.27. The number of esters is 1. The third-order valence-corrected chi connectivity index (χ3v) is 6.63. The van der Waals surface area contributed by atoms with E-state index in [0.29, 0.717) is 34.1 Å². The monoisotopic (exact) mass is 465 g/mol. The highest BCUT2D eigenvalue weighted by atomic mass is 32.2. The van der Waals surface area contributed by atoms with E-state index in [0.717, 1.165) is 11.3 Å². The molecule has 0 bridgehead atoms. The molecule has 0 aliphatic heterocycles. The summed E-state index contributed by atoms with van der Waals surface area (Å²) >= 11 is 2.65. The maximum Gasteiger partial charge on any atom is 0.328 e. The molecule has 2 aromatic heterocycles. The van der Waals surface area contributed by atoms with Crippen molar-refractivity contribution in [1.29, 1.82) is 0 Å². The van der Waals surface area contributed by atoms with Crippen molar-refractivity contribution >= 4 is 51.8 Å². The van der Waals surface area contributed by atoms with Gasteiger partial charge in [0.15, 0.2) is 10.9 Å². The lowest BCUT2D eigenvalue weighted by atomic mass is 9.89. The number of Topliss-reactive ketones (excluding diaryl/α,β-unsaturated/α-hetero) is 1. The number of hydrogen-bond acceptors (Lipinski definition) is 9. The number of methoxy groups -OCH3 is 1. The van der Waals surface area contributed by atoms with Crippen LogP contribution in [0.4, 0.5) is 5.13 Å². The van der Waals surface area contributed by atoms with Crippen LogP contribution in [0.2, 0.25) is 0 Å². The van der Waals surface area contributed by atoms with Crippen LogP contribution in [0.15, 0.2) is 16.7 Å². The summed E-state index contributed by atoms with van der Waals surface area (Å²) in [7, 11) is 1.27. The number of anilines is 1. The largest absolute Gasteiger partial charge is 0.469 e. The highest BCUT2D eigenvalue weighted by Crippen LogP contribution is 2.32. The molecule has 1 aliphatic carbocycles. The Labute approximate surface area is 187 Å². The molecule has 1 aliphatic rings. The number of aryl methyl sites for hydroxylation is 1. The molecule has 0 saturated carbocycles. The first kappa shape index (κ1) is 23.0. The number of hydrogen-bond donors (Lipinski definition) is 2. The van der Waals surface area contributed by atoms with Gasteiger partial charge in [0.25, 0.3) is 5.91 Å². The summed E-state index contributed by atoms with van der Waals surface area (Å²) in [5.41, 5.74) is 0.857. The van der Waals surface area contributed by atoms with Crippen molar-refractivity contribution in [3.05, 3.63) is 34.2 Å². The third-order valence-electron chi connectivity index (χ3n) is 4.93. The average Bonchev–Trinajstić information content (AvgIpc) is 3.36. The number of carbonyl (C=O) groups is 4. The van der Waals surface area contributed by atoms with Crippen LogP contribution in [0.1, 0.15) is 44.3 Å². The van der Waals surface area contributed by atoms with E-state index in [1.807, 2.05) is 6.26 Å². The quantitative estimate of drug-likeness (QED) is 0.569. The van der Waals surface area contributed by atoms with Gasteiger partial charge in [-0.1, -0.05) is 11.3 Å². The number of rotatable bonds is 8. The van der Waals surface area contributed by atoms with Crippen LogP contribution in [-0.2, 0) is 20.7 Å². The van der Waals surface area contributed by atoms with E-state index >= 15 is 0 Å². The van der Waals surface area contributed by atoms with Gasteiger partial charge in [0.2, 0.25) is 5.91 Å². The lowest BCUT2D eigenvalue weighted by molar-refractivity contribution is -0.145. The summed E-state index contributed by atoms with van der Waals surface area (Å²) in [6, 6.07) is 0.795. The topological polar surface area (TPSA) is 128 Å². The first-order valence-electron chi connectivity index (χ1n) is 9.59. The van der Waals surface area contributed by atoms with E-state index in [9.17, 15) is 19.2 Å². The molecule has 2 amide bonds. The molecule has 2 atom stereocenters. The molecule has 11 heteroatoms. The number of carbonyl (C=O) groups excluding carboxylic acids is 4. The molecule has 0 radical (unpaired) electrons. The molecule has 0 saturated heterocycles. The van der Waals surface area contributed by atoms with E-state index < -0.39 is 17.9 Å². The van der Waals surface area contributed by atoms with Crippen LogP contribution in [0, 0.1) is 12.8 Å². The van der Waals surface area contributed by atoms with Crippen molar-refractivity contribution in [1.82, 2.24) is 10.3 Å². The number of ether oxygens (including phenoxy) is 1. The van der Waals surface area contributed by atoms with Crippen molar-refractivity contribution in [2.45, 2.75) is 32.2 Å². The van der Waals surface area contributed by atoms with Crippen molar-refractivity contribution in [3.8, 4) is 0 Å². The van der Waals surface area contributed by atoms with Crippen molar-refractivity contribution < 1.29 is 28.3 Å². The summed E-state index contributed by atoms with van der Waals surface area (Å²) in [6.07, 6.45) is 4.03. The summed E-state index contributed by atoms with van der Waals surface area (Å²) in [4.78, 5) is 54.5. The van der Waals surface area contributed by atoms with E-state index in [4.69, 9.17) is 9.15 Å². The van der Waals surface area contributed by atoms with Crippen molar-refractivity contribution in [2.24, 2.45) is 5.92 Å². The number of nitrogens with zero attached hydrogens (tertiary/aromatic N) is 1. The average molecular weight is 466 g/mol. The van der Waals surface area contributed by atoms with Crippen molar-refractivity contribution in [2.75, 3.05) is 24.4 Å². The van der Waals surface area contributed by atoms with Gasteiger partial charge < -0.3 is 14.5 Å². The van der Waals surface area contributed by atoms with Crippen LogP contribution in [0.5, 0.6) is 0 Å². The van der Waals surface area contributed by atoms with Gasteiger partial charge in [-0.15, -0.1) is 0 Å². The molecule has 31 heavy (non-hydrogen) atoms. The smallest absolute Gasteiger partial charge is 0.328 e. The van der Waals surface area contributed by atoms with E-state index in [1.54, 1.807) is 24.8 Å². The minimum absolute atomic E-state index is 0.0195. The first-order valence-corrected chi connectivity index (χ1v) is 11.8.